The van der Waals surface area contributed by atoms with E-state index in [1.807, 2.05) is 45.9 Å². The lowest BCUT2D eigenvalue weighted by Gasteiger charge is -2.27. The molecule has 0 amide bonds. The van der Waals surface area contributed by atoms with Gasteiger partial charge in [-0.1, -0.05) is 25.1 Å². The lowest BCUT2D eigenvalue weighted by atomic mass is 9.98. The molecule has 3 N–H and O–H groups in total. The Balaban J connectivity index is 0.00000289. The summed E-state index contributed by atoms with van der Waals surface area (Å²) in [4.78, 5) is 0. The van der Waals surface area contributed by atoms with Gasteiger partial charge in [-0.3, -0.25) is 0 Å². The summed E-state index contributed by atoms with van der Waals surface area (Å²) in [6, 6.07) is 6.06. The van der Waals surface area contributed by atoms with Crippen LogP contribution < -0.4 is 10.5 Å². The topological polar surface area (TPSA) is 55.5 Å². The van der Waals surface area contributed by atoms with Gasteiger partial charge in [0.05, 0.1) is 0 Å². The second kappa shape index (κ2) is 7.62. The molecule has 104 valence electrons. The monoisotopic (exact) mass is 273 g/mol. The molecule has 1 aromatic rings. The van der Waals surface area contributed by atoms with Crippen LogP contribution in [-0.2, 0) is 0 Å². The van der Waals surface area contributed by atoms with Gasteiger partial charge in [-0.05, 0) is 38.3 Å². The SMILES string of the molecule is CCC(C(N)O)C(C)Oc1c(C)cccc1C.Cl. The maximum Gasteiger partial charge on any atom is 0.125 e. The summed E-state index contributed by atoms with van der Waals surface area (Å²) in [6.45, 7) is 8.01. The molecule has 3 unspecified atom stereocenters. The Morgan fingerprint density at radius 3 is 2.17 bits per heavy atom. The summed E-state index contributed by atoms with van der Waals surface area (Å²) in [7, 11) is 0. The summed E-state index contributed by atoms with van der Waals surface area (Å²) in [5.74, 6) is 0.855. The molecule has 1 aromatic carbocycles. The maximum atomic E-state index is 9.50. The number of aliphatic hydroxyl groups excluding tert-OH is 1. The first-order valence-corrected chi connectivity index (χ1v) is 6.13. The van der Waals surface area contributed by atoms with E-state index in [0.29, 0.717) is 0 Å². The van der Waals surface area contributed by atoms with Gasteiger partial charge in [-0.15, -0.1) is 12.4 Å². The third-order valence-electron chi connectivity index (χ3n) is 3.23. The zero-order valence-corrected chi connectivity index (χ0v) is 12.3. The Labute approximate surface area is 116 Å². The van der Waals surface area contributed by atoms with Crippen molar-refractivity contribution in [1.82, 2.24) is 0 Å². The molecule has 18 heavy (non-hydrogen) atoms. The number of hydrogen-bond donors (Lipinski definition) is 2. The summed E-state index contributed by atoms with van der Waals surface area (Å²) in [6.07, 6.45) is -0.136. The smallest absolute Gasteiger partial charge is 0.125 e. The molecule has 1 rings (SSSR count). The van der Waals surface area contributed by atoms with E-state index in [9.17, 15) is 5.11 Å². The van der Waals surface area contributed by atoms with Crippen molar-refractivity contribution in [1.29, 1.82) is 0 Å². The second-order valence-corrected chi connectivity index (χ2v) is 4.61. The van der Waals surface area contributed by atoms with Crippen molar-refractivity contribution in [3.8, 4) is 5.75 Å². The van der Waals surface area contributed by atoms with Crippen LogP contribution in [0.5, 0.6) is 5.75 Å². The van der Waals surface area contributed by atoms with Crippen LogP contribution in [0.3, 0.4) is 0 Å². The minimum atomic E-state index is -0.834. The van der Waals surface area contributed by atoms with Crippen LogP contribution in [0.2, 0.25) is 0 Å². The quantitative estimate of drug-likeness (QED) is 0.811. The van der Waals surface area contributed by atoms with E-state index in [1.165, 1.54) is 0 Å². The highest BCUT2D eigenvalue weighted by molar-refractivity contribution is 5.85. The molecule has 0 spiro atoms. The number of halogens is 1. The summed E-state index contributed by atoms with van der Waals surface area (Å²) in [5.41, 5.74) is 7.77. The largest absolute Gasteiger partial charge is 0.490 e. The second-order valence-electron chi connectivity index (χ2n) is 4.61. The normalized spacial score (nSPS) is 15.4. The Hall–Kier alpha value is -0.770. The van der Waals surface area contributed by atoms with Crippen molar-refractivity contribution < 1.29 is 9.84 Å². The first kappa shape index (κ1) is 17.2. The van der Waals surface area contributed by atoms with E-state index < -0.39 is 6.23 Å². The van der Waals surface area contributed by atoms with Crippen molar-refractivity contribution in [2.75, 3.05) is 0 Å². The zero-order chi connectivity index (χ0) is 13.0. The summed E-state index contributed by atoms with van der Waals surface area (Å²) >= 11 is 0. The van der Waals surface area contributed by atoms with Crippen LogP contribution in [0, 0.1) is 19.8 Å². The van der Waals surface area contributed by atoms with E-state index in [0.717, 1.165) is 23.3 Å². The van der Waals surface area contributed by atoms with Crippen LogP contribution in [0.1, 0.15) is 31.4 Å². The molecule has 0 saturated heterocycles. The number of ether oxygens (including phenoxy) is 1. The fourth-order valence-electron chi connectivity index (χ4n) is 2.11. The standard InChI is InChI=1S/C14H23NO2.ClH/c1-5-12(14(15)16)11(4)17-13-9(2)7-6-8-10(13)3;/h6-8,11-12,14,16H,5,15H2,1-4H3;1H. The molecule has 0 fully saturated rings. The molecule has 0 radical (unpaired) electrons. The van der Waals surface area contributed by atoms with E-state index in [1.54, 1.807) is 0 Å². The highest BCUT2D eigenvalue weighted by atomic mass is 35.5. The van der Waals surface area contributed by atoms with Crippen molar-refractivity contribution >= 4 is 12.4 Å². The minimum absolute atomic E-state index is 0. The van der Waals surface area contributed by atoms with Gasteiger partial charge in [0.1, 0.15) is 18.1 Å². The van der Waals surface area contributed by atoms with Gasteiger partial charge < -0.3 is 15.6 Å². The lowest BCUT2D eigenvalue weighted by molar-refractivity contribution is 0.0352. The third-order valence-corrected chi connectivity index (χ3v) is 3.23. The molecule has 0 aliphatic heterocycles. The molecule has 0 bridgehead atoms. The van der Waals surface area contributed by atoms with Gasteiger partial charge in [-0.2, -0.15) is 0 Å². The van der Waals surface area contributed by atoms with Crippen molar-refractivity contribution in [2.45, 2.75) is 46.4 Å². The maximum absolute atomic E-state index is 9.50. The van der Waals surface area contributed by atoms with E-state index >= 15 is 0 Å². The molecule has 0 heterocycles. The average Bonchev–Trinajstić information content (AvgIpc) is 2.24. The Morgan fingerprint density at radius 2 is 1.78 bits per heavy atom. The average molecular weight is 274 g/mol. The number of hydrogen-bond acceptors (Lipinski definition) is 3. The van der Waals surface area contributed by atoms with Gasteiger partial charge in [0, 0.05) is 5.92 Å². The summed E-state index contributed by atoms with van der Waals surface area (Å²) < 4.78 is 5.95. The highest BCUT2D eigenvalue weighted by Gasteiger charge is 2.23. The molecule has 3 nitrogen and oxygen atoms in total. The van der Waals surface area contributed by atoms with Gasteiger partial charge in [0.25, 0.3) is 0 Å². The lowest BCUT2D eigenvalue weighted by Crippen LogP contribution is -2.39. The minimum Gasteiger partial charge on any atom is -0.490 e. The molecule has 0 aromatic heterocycles. The van der Waals surface area contributed by atoms with E-state index in [-0.39, 0.29) is 24.4 Å². The van der Waals surface area contributed by atoms with Crippen LogP contribution >= 0.6 is 12.4 Å². The van der Waals surface area contributed by atoms with Gasteiger partial charge in [0.15, 0.2) is 0 Å². The molecular formula is C14H24ClNO2. The van der Waals surface area contributed by atoms with Crippen LogP contribution in [0.4, 0.5) is 0 Å². The van der Waals surface area contributed by atoms with Crippen molar-refractivity contribution in [2.24, 2.45) is 11.7 Å². The van der Waals surface area contributed by atoms with E-state index in [4.69, 9.17) is 10.5 Å². The first-order chi connectivity index (χ1) is 7.97. The fraction of sp³-hybridized carbons (Fsp3) is 0.571. The zero-order valence-electron chi connectivity index (χ0n) is 11.5. The van der Waals surface area contributed by atoms with Crippen molar-refractivity contribution in [3.63, 3.8) is 0 Å². The Bertz CT molecular complexity index is 349. The number of para-hydroxylation sites is 1. The number of aryl methyl sites for hydroxylation is 2. The van der Waals surface area contributed by atoms with Crippen LogP contribution in [0.25, 0.3) is 0 Å². The molecule has 3 atom stereocenters. The van der Waals surface area contributed by atoms with Crippen LogP contribution in [-0.4, -0.2) is 17.4 Å². The predicted octanol–water partition coefficient (Wildman–Crippen LogP) is 2.80. The van der Waals surface area contributed by atoms with E-state index in [2.05, 4.69) is 0 Å². The number of nitrogens with two attached hydrogens (primary N) is 1. The van der Waals surface area contributed by atoms with Gasteiger partial charge >= 0.3 is 0 Å². The van der Waals surface area contributed by atoms with Crippen LogP contribution in [0.15, 0.2) is 18.2 Å². The Morgan fingerprint density at radius 1 is 1.28 bits per heavy atom. The number of aliphatic hydroxyl groups is 1. The first-order valence-electron chi connectivity index (χ1n) is 6.13. The Kier molecular flexibility index (Phi) is 7.29. The van der Waals surface area contributed by atoms with Crippen molar-refractivity contribution in [3.05, 3.63) is 29.3 Å². The highest BCUT2D eigenvalue weighted by Crippen LogP contribution is 2.26. The van der Waals surface area contributed by atoms with Gasteiger partial charge in [0.2, 0.25) is 0 Å². The molecule has 0 saturated carbocycles. The molecular weight excluding hydrogens is 250 g/mol. The number of rotatable bonds is 5. The van der Waals surface area contributed by atoms with Gasteiger partial charge in [-0.25, -0.2) is 0 Å². The fourth-order valence-corrected chi connectivity index (χ4v) is 2.11. The number of benzene rings is 1. The third kappa shape index (κ3) is 4.16. The molecule has 4 heteroatoms. The summed E-state index contributed by atoms with van der Waals surface area (Å²) in [5, 5.41) is 9.50. The molecule has 0 aliphatic rings. The molecule has 0 aliphatic carbocycles. The predicted molar refractivity (Wildman–Crippen MR) is 77.2 cm³/mol.